The molecule has 0 fully saturated rings. The first kappa shape index (κ1) is 22.1. The van der Waals surface area contributed by atoms with Gasteiger partial charge in [-0.15, -0.1) is 5.10 Å². The van der Waals surface area contributed by atoms with Gasteiger partial charge in [0.1, 0.15) is 13.2 Å². The molecule has 10 heteroatoms. The molecule has 176 valence electrons. The van der Waals surface area contributed by atoms with Crippen LogP contribution in [-0.4, -0.2) is 57.0 Å². The quantitative estimate of drug-likeness (QED) is 0.403. The third-order valence-electron chi connectivity index (χ3n) is 5.71. The van der Waals surface area contributed by atoms with E-state index in [4.69, 9.17) is 14.2 Å². The molecule has 0 saturated carbocycles. The maximum atomic E-state index is 13.0. The molecule has 0 amide bonds. The first-order chi connectivity index (χ1) is 16.7. The summed E-state index contributed by atoms with van der Waals surface area (Å²) in [6, 6.07) is 15.8. The summed E-state index contributed by atoms with van der Waals surface area (Å²) < 4.78 is 18.3. The van der Waals surface area contributed by atoms with Crippen molar-refractivity contribution in [2.75, 3.05) is 26.9 Å². The van der Waals surface area contributed by atoms with Crippen LogP contribution in [0.1, 0.15) is 17.0 Å². The molecule has 1 aliphatic heterocycles. The molecule has 2 aromatic carbocycles. The summed E-state index contributed by atoms with van der Waals surface area (Å²) in [6.45, 7) is 3.61. The van der Waals surface area contributed by atoms with Crippen molar-refractivity contribution in [1.82, 2.24) is 30.1 Å². The number of ether oxygens (including phenoxy) is 3. The number of nitrogens with one attached hydrogen (secondary N) is 1. The van der Waals surface area contributed by atoms with Gasteiger partial charge in [-0.1, -0.05) is 30.3 Å². The summed E-state index contributed by atoms with van der Waals surface area (Å²) in [6.07, 6.45) is 0. The Kier molecular flexibility index (Phi) is 6.50. The van der Waals surface area contributed by atoms with E-state index >= 15 is 0 Å². The summed E-state index contributed by atoms with van der Waals surface area (Å²) >= 11 is 0. The summed E-state index contributed by atoms with van der Waals surface area (Å²) in [5.41, 5.74) is 2.36. The third kappa shape index (κ3) is 4.92. The Hall–Kier alpha value is -3.76. The van der Waals surface area contributed by atoms with Gasteiger partial charge in [-0.25, -0.2) is 4.68 Å². The van der Waals surface area contributed by atoms with Crippen LogP contribution in [-0.2, 0) is 30.9 Å². The lowest BCUT2D eigenvalue weighted by Gasteiger charge is -2.22. The van der Waals surface area contributed by atoms with Crippen molar-refractivity contribution >= 4 is 10.9 Å². The number of nitrogens with zero attached hydrogens (tertiary/aromatic N) is 5. The lowest BCUT2D eigenvalue weighted by molar-refractivity contribution is 0.172. The largest absolute Gasteiger partial charge is 0.486 e. The molecule has 0 atom stereocenters. The number of aromatic nitrogens is 5. The molecule has 34 heavy (non-hydrogen) atoms. The van der Waals surface area contributed by atoms with E-state index in [2.05, 4.69) is 37.5 Å². The third-order valence-corrected chi connectivity index (χ3v) is 5.71. The number of aromatic amines is 1. The predicted octanol–water partition coefficient (Wildman–Crippen LogP) is 2.13. The Balaban J connectivity index is 1.44. The van der Waals surface area contributed by atoms with Crippen LogP contribution in [0, 0.1) is 0 Å². The number of methoxy groups -OCH3 is 1. The molecule has 0 spiro atoms. The second-order valence-electron chi connectivity index (χ2n) is 8.15. The highest BCUT2D eigenvalue weighted by molar-refractivity contribution is 5.83. The predicted molar refractivity (Wildman–Crippen MR) is 125 cm³/mol. The van der Waals surface area contributed by atoms with Gasteiger partial charge in [-0.2, -0.15) is 0 Å². The van der Waals surface area contributed by atoms with Crippen LogP contribution >= 0.6 is 0 Å². The molecular formula is C24H26N6O4. The minimum Gasteiger partial charge on any atom is -0.486 e. The van der Waals surface area contributed by atoms with Crippen molar-refractivity contribution in [3.8, 4) is 11.5 Å². The number of fused-ring (bicyclic) bond motifs is 2. The summed E-state index contributed by atoms with van der Waals surface area (Å²) in [5, 5.41) is 13.0. The highest BCUT2D eigenvalue weighted by Gasteiger charge is 2.18. The average Bonchev–Trinajstić information content (AvgIpc) is 3.29. The van der Waals surface area contributed by atoms with Crippen molar-refractivity contribution in [2.24, 2.45) is 0 Å². The number of pyridine rings is 1. The monoisotopic (exact) mass is 462 g/mol. The van der Waals surface area contributed by atoms with Gasteiger partial charge in [-0.05, 0) is 28.1 Å². The zero-order valence-electron chi connectivity index (χ0n) is 18.9. The lowest BCUT2D eigenvalue weighted by atomic mass is 10.1. The molecular weight excluding hydrogens is 436 g/mol. The van der Waals surface area contributed by atoms with Crippen LogP contribution in [0.5, 0.6) is 11.5 Å². The van der Waals surface area contributed by atoms with E-state index in [1.165, 1.54) is 0 Å². The second kappa shape index (κ2) is 10.0. The average molecular weight is 463 g/mol. The number of rotatable bonds is 9. The fraction of sp³-hybridized carbons (Fsp3) is 0.333. The Labute approximate surface area is 196 Å². The minimum absolute atomic E-state index is 0.138. The van der Waals surface area contributed by atoms with Crippen LogP contribution < -0.4 is 15.0 Å². The maximum Gasteiger partial charge on any atom is 0.252 e. The van der Waals surface area contributed by atoms with E-state index < -0.39 is 0 Å². The van der Waals surface area contributed by atoms with Gasteiger partial charge in [0.05, 0.1) is 25.2 Å². The van der Waals surface area contributed by atoms with Crippen molar-refractivity contribution in [3.05, 3.63) is 75.8 Å². The van der Waals surface area contributed by atoms with Crippen LogP contribution in [0.3, 0.4) is 0 Å². The summed E-state index contributed by atoms with van der Waals surface area (Å²) in [7, 11) is 1.64. The van der Waals surface area contributed by atoms with E-state index in [9.17, 15) is 4.79 Å². The number of H-pyrrole nitrogens is 1. The first-order valence-corrected chi connectivity index (χ1v) is 11.2. The van der Waals surface area contributed by atoms with Crippen molar-refractivity contribution in [3.63, 3.8) is 0 Å². The van der Waals surface area contributed by atoms with Gasteiger partial charge in [-0.3, -0.25) is 9.69 Å². The molecule has 10 nitrogen and oxygen atoms in total. The standard InChI is InChI=1S/C24H26N6O4/c1-32-8-7-30-23(26-27-28-30)16-29(14-17-5-3-2-4-6-17)15-19-11-18-12-21-22(34-10-9-33-21)13-20(18)25-24(19)31/h2-6,11-13H,7-10,14-16H2,1H3,(H,25,31). The van der Waals surface area contributed by atoms with Crippen LogP contribution in [0.15, 0.2) is 53.3 Å². The van der Waals surface area contributed by atoms with Gasteiger partial charge in [0.15, 0.2) is 17.3 Å². The smallest absolute Gasteiger partial charge is 0.252 e. The highest BCUT2D eigenvalue weighted by Crippen LogP contribution is 2.33. The SMILES string of the molecule is COCCn1nnnc1CN(Cc1ccccc1)Cc1cc2cc3c(cc2[nH]c1=O)OCCO3. The van der Waals surface area contributed by atoms with Crippen molar-refractivity contribution in [2.45, 2.75) is 26.2 Å². The fourth-order valence-corrected chi connectivity index (χ4v) is 4.04. The van der Waals surface area contributed by atoms with E-state index in [1.807, 2.05) is 36.4 Å². The Bertz CT molecular complexity index is 1320. The number of benzene rings is 2. The molecule has 3 heterocycles. The zero-order valence-corrected chi connectivity index (χ0v) is 18.9. The van der Waals surface area contributed by atoms with E-state index in [0.29, 0.717) is 68.9 Å². The van der Waals surface area contributed by atoms with Gasteiger partial charge in [0.2, 0.25) is 0 Å². The topological polar surface area (TPSA) is 107 Å². The molecule has 4 aromatic rings. The number of hydrogen-bond acceptors (Lipinski definition) is 8. The molecule has 0 unspecified atom stereocenters. The molecule has 0 bridgehead atoms. The van der Waals surface area contributed by atoms with E-state index in [0.717, 1.165) is 16.5 Å². The molecule has 1 aliphatic rings. The summed E-state index contributed by atoms with van der Waals surface area (Å²) in [4.78, 5) is 18.1. The van der Waals surface area contributed by atoms with Gasteiger partial charge >= 0.3 is 0 Å². The van der Waals surface area contributed by atoms with Crippen molar-refractivity contribution < 1.29 is 14.2 Å². The molecule has 5 rings (SSSR count). The Morgan fingerprint density at radius 2 is 1.85 bits per heavy atom. The lowest BCUT2D eigenvalue weighted by Crippen LogP contribution is -2.28. The first-order valence-electron chi connectivity index (χ1n) is 11.2. The minimum atomic E-state index is -0.138. The van der Waals surface area contributed by atoms with E-state index in [1.54, 1.807) is 11.8 Å². The summed E-state index contributed by atoms with van der Waals surface area (Å²) in [5.74, 6) is 2.05. The van der Waals surface area contributed by atoms with Crippen LogP contribution in [0.4, 0.5) is 0 Å². The highest BCUT2D eigenvalue weighted by atomic mass is 16.6. The molecule has 0 aliphatic carbocycles. The molecule has 0 radical (unpaired) electrons. The van der Waals surface area contributed by atoms with E-state index in [-0.39, 0.29) is 5.56 Å². The Morgan fingerprint density at radius 1 is 1.06 bits per heavy atom. The fourth-order valence-electron chi connectivity index (χ4n) is 4.04. The second-order valence-corrected chi connectivity index (χ2v) is 8.15. The van der Waals surface area contributed by atoms with Gasteiger partial charge < -0.3 is 19.2 Å². The molecule has 1 N–H and O–H groups in total. The normalized spacial score (nSPS) is 13.0. The Morgan fingerprint density at radius 3 is 2.65 bits per heavy atom. The molecule has 0 saturated heterocycles. The zero-order chi connectivity index (χ0) is 23.3. The number of hydrogen-bond donors (Lipinski definition) is 1. The molecule has 2 aromatic heterocycles. The van der Waals surface area contributed by atoms with Crippen LogP contribution in [0.2, 0.25) is 0 Å². The van der Waals surface area contributed by atoms with Crippen molar-refractivity contribution in [1.29, 1.82) is 0 Å². The van der Waals surface area contributed by atoms with Gasteiger partial charge in [0, 0.05) is 37.2 Å². The number of tetrazole rings is 1. The maximum absolute atomic E-state index is 13.0. The van der Waals surface area contributed by atoms with Crippen LogP contribution in [0.25, 0.3) is 10.9 Å². The van der Waals surface area contributed by atoms with Gasteiger partial charge in [0.25, 0.3) is 5.56 Å².